The molecule has 0 aliphatic carbocycles. The number of nitrogens with one attached hydrogen (secondary N) is 1. The predicted octanol–water partition coefficient (Wildman–Crippen LogP) is 2.62. The Labute approximate surface area is 171 Å². The van der Waals surface area contributed by atoms with Gasteiger partial charge in [-0.25, -0.2) is 0 Å². The molecule has 3 rings (SSSR count). The number of ether oxygens (including phenoxy) is 3. The van der Waals surface area contributed by atoms with E-state index in [-0.39, 0.29) is 18.2 Å². The van der Waals surface area contributed by atoms with E-state index in [1.807, 2.05) is 24.3 Å². The smallest absolute Gasteiger partial charge is 0.497 e. The third-order valence-electron chi connectivity index (χ3n) is 4.75. The number of methoxy groups -OCH3 is 1. The van der Waals surface area contributed by atoms with E-state index in [1.54, 1.807) is 7.11 Å². The quantitative estimate of drug-likeness (QED) is 0.665. The topological polar surface area (TPSA) is 77.0 Å². The number of esters is 1. The first kappa shape index (κ1) is 21.9. The maximum Gasteiger partial charge on any atom is 0.573 e. The van der Waals surface area contributed by atoms with E-state index in [4.69, 9.17) is 9.47 Å². The molecule has 1 aliphatic rings. The average molecular weight is 425 g/mol. The normalized spacial score (nSPS) is 21.3. The predicted molar refractivity (Wildman–Crippen MR) is 101 cm³/mol. The number of hydrogen-bond donors (Lipinski definition) is 2. The molecule has 0 saturated carbocycles. The van der Waals surface area contributed by atoms with Gasteiger partial charge >= 0.3 is 12.3 Å². The van der Waals surface area contributed by atoms with Crippen molar-refractivity contribution in [2.45, 2.75) is 37.5 Å². The number of rotatable bonds is 7. The number of halogens is 3. The van der Waals surface area contributed by atoms with Crippen LogP contribution in [0.5, 0.6) is 11.5 Å². The summed E-state index contributed by atoms with van der Waals surface area (Å²) in [6.07, 6.45) is -5.94. The van der Waals surface area contributed by atoms with Crippen LogP contribution in [-0.2, 0) is 22.4 Å². The lowest BCUT2D eigenvalue weighted by atomic mass is 10.0. The highest BCUT2D eigenvalue weighted by Crippen LogP contribution is 2.23. The van der Waals surface area contributed by atoms with Gasteiger partial charge in [-0.2, -0.15) is 0 Å². The molecule has 1 fully saturated rings. The third-order valence-corrected chi connectivity index (χ3v) is 4.75. The summed E-state index contributed by atoms with van der Waals surface area (Å²) < 4.78 is 51.1. The molecule has 0 aromatic heterocycles. The van der Waals surface area contributed by atoms with Gasteiger partial charge in [0.05, 0.1) is 19.6 Å². The zero-order valence-corrected chi connectivity index (χ0v) is 16.2. The summed E-state index contributed by atoms with van der Waals surface area (Å²) in [6.45, 7) is 0.294. The minimum atomic E-state index is -4.77. The number of β-amino-alcohol motifs (C(OH)–C–C–N with tert-alkyl or cyclic N) is 1. The van der Waals surface area contributed by atoms with Crippen molar-refractivity contribution in [3.63, 3.8) is 0 Å². The second-order valence-electron chi connectivity index (χ2n) is 6.96. The number of benzene rings is 2. The van der Waals surface area contributed by atoms with E-state index in [1.165, 1.54) is 12.1 Å². The van der Waals surface area contributed by atoms with Crippen LogP contribution in [0.25, 0.3) is 0 Å². The number of aliphatic hydroxyl groups excluding tert-OH is 1. The van der Waals surface area contributed by atoms with E-state index in [9.17, 15) is 23.1 Å². The lowest BCUT2D eigenvalue weighted by Crippen LogP contribution is -2.39. The maximum atomic E-state index is 12.3. The van der Waals surface area contributed by atoms with Crippen molar-refractivity contribution in [1.82, 2.24) is 5.32 Å². The first-order valence-corrected chi connectivity index (χ1v) is 9.32. The lowest BCUT2D eigenvalue weighted by Gasteiger charge is -2.22. The van der Waals surface area contributed by atoms with Gasteiger partial charge in [0.15, 0.2) is 0 Å². The molecule has 0 spiro atoms. The molecule has 0 amide bonds. The van der Waals surface area contributed by atoms with E-state index >= 15 is 0 Å². The monoisotopic (exact) mass is 425 g/mol. The first-order valence-electron chi connectivity index (χ1n) is 9.32. The number of alkyl halides is 3. The SMILES string of the molecule is COc1ccc(C[C@H]2NC[C@H](O)[C@H]2OC(=O)Cc2ccc(OC(F)(F)F)cc2)cc1. The van der Waals surface area contributed by atoms with Crippen molar-refractivity contribution in [2.75, 3.05) is 13.7 Å². The van der Waals surface area contributed by atoms with E-state index in [0.717, 1.165) is 23.4 Å². The van der Waals surface area contributed by atoms with Crippen LogP contribution >= 0.6 is 0 Å². The van der Waals surface area contributed by atoms with Gasteiger partial charge in [-0.1, -0.05) is 24.3 Å². The second kappa shape index (κ2) is 9.36. The van der Waals surface area contributed by atoms with E-state index in [2.05, 4.69) is 10.1 Å². The lowest BCUT2D eigenvalue weighted by molar-refractivity contribution is -0.274. The van der Waals surface area contributed by atoms with Crippen LogP contribution < -0.4 is 14.8 Å². The molecule has 1 heterocycles. The fraction of sp³-hybridized carbons (Fsp3) is 0.381. The molecule has 162 valence electrons. The zero-order valence-electron chi connectivity index (χ0n) is 16.2. The summed E-state index contributed by atoms with van der Waals surface area (Å²) in [6, 6.07) is 12.2. The van der Waals surface area contributed by atoms with Gasteiger partial charge in [0.2, 0.25) is 0 Å². The highest BCUT2D eigenvalue weighted by molar-refractivity contribution is 5.73. The summed E-state index contributed by atoms with van der Waals surface area (Å²) in [5, 5.41) is 13.3. The third kappa shape index (κ3) is 6.11. The van der Waals surface area contributed by atoms with Gasteiger partial charge in [-0.15, -0.1) is 13.2 Å². The number of carbonyl (C=O) groups excluding carboxylic acids is 1. The molecule has 3 atom stereocenters. The van der Waals surface area contributed by atoms with Gasteiger partial charge in [0, 0.05) is 6.54 Å². The minimum absolute atomic E-state index is 0.134. The Bertz CT molecular complexity index is 839. The fourth-order valence-electron chi connectivity index (χ4n) is 3.31. The maximum absolute atomic E-state index is 12.3. The molecule has 0 radical (unpaired) electrons. The van der Waals surface area contributed by atoms with Gasteiger partial charge in [0.1, 0.15) is 23.7 Å². The number of aliphatic hydroxyl groups is 1. The Hall–Kier alpha value is -2.78. The molecule has 2 aromatic rings. The fourth-order valence-corrected chi connectivity index (χ4v) is 3.31. The molecular weight excluding hydrogens is 403 g/mol. The molecule has 0 unspecified atom stereocenters. The van der Waals surface area contributed by atoms with Crippen LogP contribution in [-0.4, -0.2) is 49.3 Å². The molecule has 2 N–H and O–H groups in total. The molecule has 30 heavy (non-hydrogen) atoms. The highest BCUT2D eigenvalue weighted by atomic mass is 19.4. The molecule has 6 nitrogen and oxygen atoms in total. The van der Waals surface area contributed by atoms with Crippen LogP contribution in [0, 0.1) is 0 Å². The number of carbonyl (C=O) groups is 1. The minimum Gasteiger partial charge on any atom is -0.497 e. The summed E-state index contributed by atoms with van der Waals surface area (Å²) in [4.78, 5) is 12.3. The molecule has 0 bridgehead atoms. The zero-order chi connectivity index (χ0) is 21.7. The molecule has 1 aliphatic heterocycles. The van der Waals surface area contributed by atoms with Crippen molar-refractivity contribution in [3.8, 4) is 11.5 Å². The van der Waals surface area contributed by atoms with Crippen molar-refractivity contribution in [1.29, 1.82) is 0 Å². The Morgan fingerprint density at radius 2 is 1.67 bits per heavy atom. The standard InChI is InChI=1S/C21H22F3NO5/c1-28-15-6-2-13(3-7-15)10-17-20(18(26)12-25-17)29-19(27)11-14-4-8-16(9-5-14)30-21(22,23)24/h2-9,17-18,20,25-26H,10-12H2,1H3/t17-,18+,20+/m1/s1. The van der Waals surface area contributed by atoms with Crippen LogP contribution in [0.1, 0.15) is 11.1 Å². The molecule has 2 aromatic carbocycles. The highest BCUT2D eigenvalue weighted by Gasteiger charge is 2.37. The van der Waals surface area contributed by atoms with Gasteiger partial charge < -0.3 is 24.6 Å². The van der Waals surface area contributed by atoms with Gasteiger partial charge in [-0.3, -0.25) is 4.79 Å². The van der Waals surface area contributed by atoms with Gasteiger partial charge in [-0.05, 0) is 41.8 Å². The summed E-state index contributed by atoms with van der Waals surface area (Å²) in [5.74, 6) is -0.214. The van der Waals surface area contributed by atoms with Crippen LogP contribution in [0.2, 0.25) is 0 Å². The van der Waals surface area contributed by atoms with Crippen molar-refractivity contribution < 1.29 is 37.3 Å². The Balaban J connectivity index is 1.57. The van der Waals surface area contributed by atoms with Crippen molar-refractivity contribution in [2.24, 2.45) is 0 Å². The molecule has 1 saturated heterocycles. The van der Waals surface area contributed by atoms with E-state index < -0.39 is 24.5 Å². The summed E-state index contributed by atoms with van der Waals surface area (Å²) >= 11 is 0. The number of hydrogen-bond acceptors (Lipinski definition) is 6. The first-order chi connectivity index (χ1) is 14.2. The van der Waals surface area contributed by atoms with Crippen molar-refractivity contribution in [3.05, 3.63) is 59.7 Å². The molecule has 9 heteroatoms. The Morgan fingerprint density at radius 1 is 1.07 bits per heavy atom. The molecular formula is C21H22F3NO5. The van der Waals surface area contributed by atoms with Crippen LogP contribution in [0.4, 0.5) is 13.2 Å². The Morgan fingerprint density at radius 3 is 2.27 bits per heavy atom. The summed E-state index contributed by atoms with van der Waals surface area (Å²) in [5.41, 5.74) is 1.46. The van der Waals surface area contributed by atoms with Crippen LogP contribution in [0.15, 0.2) is 48.5 Å². The largest absolute Gasteiger partial charge is 0.573 e. The Kier molecular flexibility index (Phi) is 6.84. The average Bonchev–Trinajstić information content (AvgIpc) is 3.02. The second-order valence-corrected chi connectivity index (χ2v) is 6.96. The van der Waals surface area contributed by atoms with Gasteiger partial charge in [0.25, 0.3) is 0 Å². The van der Waals surface area contributed by atoms with Crippen LogP contribution in [0.3, 0.4) is 0 Å². The summed E-state index contributed by atoms with van der Waals surface area (Å²) in [7, 11) is 1.58. The van der Waals surface area contributed by atoms with E-state index in [0.29, 0.717) is 18.5 Å². The van der Waals surface area contributed by atoms with Crippen molar-refractivity contribution >= 4 is 5.97 Å².